The van der Waals surface area contributed by atoms with Crippen molar-refractivity contribution in [1.82, 2.24) is 10.2 Å². The summed E-state index contributed by atoms with van der Waals surface area (Å²) in [6, 6.07) is 6.90. The van der Waals surface area contributed by atoms with Gasteiger partial charge in [0.25, 0.3) is 5.91 Å². The van der Waals surface area contributed by atoms with Crippen molar-refractivity contribution in [2.75, 3.05) is 26.7 Å². The van der Waals surface area contributed by atoms with Crippen LogP contribution < -0.4 is 10.1 Å². The summed E-state index contributed by atoms with van der Waals surface area (Å²) in [6.45, 7) is 5.30. The van der Waals surface area contributed by atoms with Gasteiger partial charge in [-0.25, -0.2) is 0 Å². The van der Waals surface area contributed by atoms with Crippen molar-refractivity contribution < 1.29 is 19.4 Å². The summed E-state index contributed by atoms with van der Waals surface area (Å²) >= 11 is 0. The van der Waals surface area contributed by atoms with Crippen molar-refractivity contribution in [1.29, 1.82) is 0 Å². The molecule has 25 heavy (non-hydrogen) atoms. The van der Waals surface area contributed by atoms with Crippen LogP contribution in [-0.2, 0) is 4.79 Å². The van der Waals surface area contributed by atoms with Gasteiger partial charge in [-0.1, -0.05) is 13.0 Å². The van der Waals surface area contributed by atoms with Crippen LogP contribution in [0.2, 0.25) is 0 Å². The van der Waals surface area contributed by atoms with E-state index in [4.69, 9.17) is 4.74 Å². The second-order valence-electron chi connectivity index (χ2n) is 6.79. The van der Waals surface area contributed by atoms with Crippen molar-refractivity contribution >= 4 is 11.8 Å². The number of carbonyl (C=O) groups is 2. The van der Waals surface area contributed by atoms with E-state index in [2.05, 4.69) is 5.32 Å². The van der Waals surface area contributed by atoms with Gasteiger partial charge in [0.05, 0.1) is 12.7 Å². The van der Waals surface area contributed by atoms with E-state index in [1.165, 1.54) is 0 Å². The van der Waals surface area contributed by atoms with E-state index < -0.39 is 5.60 Å². The number of nitrogens with zero attached hydrogens (tertiary/aromatic N) is 1. The first-order chi connectivity index (χ1) is 11.9. The molecular weight excluding hydrogens is 320 g/mol. The molecule has 6 nitrogen and oxygen atoms in total. The normalized spacial score (nSPS) is 23.2. The number of hydrogen-bond donors (Lipinski definition) is 2. The molecule has 1 aliphatic heterocycles. The van der Waals surface area contributed by atoms with Crippen molar-refractivity contribution in [3.63, 3.8) is 0 Å². The average Bonchev–Trinajstić information content (AvgIpc) is 2.61. The molecule has 0 unspecified atom stereocenters. The van der Waals surface area contributed by atoms with E-state index in [0.717, 1.165) is 6.42 Å². The Labute approximate surface area is 149 Å². The SMILES string of the molecule is CC[C@@H]1CN(C(=O)CCNC(=O)c2cccc(OC)c2)CC[C@]1(C)O. The maximum absolute atomic E-state index is 12.4. The number of hydrogen-bond acceptors (Lipinski definition) is 4. The fourth-order valence-corrected chi connectivity index (χ4v) is 3.22. The highest BCUT2D eigenvalue weighted by atomic mass is 16.5. The van der Waals surface area contributed by atoms with Gasteiger partial charge in [-0.2, -0.15) is 0 Å². The highest BCUT2D eigenvalue weighted by Crippen LogP contribution is 2.30. The quantitative estimate of drug-likeness (QED) is 0.822. The van der Waals surface area contributed by atoms with Crippen LogP contribution in [0.25, 0.3) is 0 Å². The van der Waals surface area contributed by atoms with Gasteiger partial charge < -0.3 is 20.1 Å². The Balaban J connectivity index is 1.81. The topological polar surface area (TPSA) is 78.9 Å². The Hall–Kier alpha value is -2.08. The molecule has 0 spiro atoms. The molecule has 2 atom stereocenters. The average molecular weight is 348 g/mol. The molecule has 2 rings (SSSR count). The lowest BCUT2D eigenvalue weighted by molar-refractivity contribution is -0.138. The molecule has 6 heteroatoms. The summed E-state index contributed by atoms with van der Waals surface area (Å²) in [5, 5.41) is 13.1. The lowest BCUT2D eigenvalue weighted by Crippen LogP contribution is -2.52. The van der Waals surface area contributed by atoms with Crippen molar-refractivity contribution in [3.8, 4) is 5.75 Å². The number of ether oxygens (including phenoxy) is 1. The highest BCUT2D eigenvalue weighted by molar-refractivity contribution is 5.94. The molecule has 0 bridgehead atoms. The molecule has 1 aromatic rings. The Bertz CT molecular complexity index is 615. The fraction of sp³-hybridized carbons (Fsp3) is 0.579. The molecule has 1 fully saturated rings. The molecule has 0 aromatic heterocycles. The van der Waals surface area contributed by atoms with Gasteiger partial charge in [-0.3, -0.25) is 9.59 Å². The summed E-state index contributed by atoms with van der Waals surface area (Å²) in [5.74, 6) is 0.505. The van der Waals surface area contributed by atoms with E-state index in [0.29, 0.717) is 37.4 Å². The maximum Gasteiger partial charge on any atom is 0.251 e. The molecule has 0 radical (unpaired) electrons. The third-order valence-corrected chi connectivity index (χ3v) is 5.01. The zero-order valence-corrected chi connectivity index (χ0v) is 15.2. The first kappa shape index (κ1) is 19.2. The van der Waals surface area contributed by atoms with E-state index in [1.54, 1.807) is 36.3 Å². The van der Waals surface area contributed by atoms with Crippen LogP contribution in [0.15, 0.2) is 24.3 Å². The van der Waals surface area contributed by atoms with Gasteiger partial charge in [-0.05, 0) is 38.0 Å². The minimum absolute atomic E-state index is 0.0138. The van der Waals surface area contributed by atoms with Gasteiger partial charge in [0.1, 0.15) is 5.75 Å². The summed E-state index contributed by atoms with van der Waals surface area (Å²) in [4.78, 5) is 26.3. The number of nitrogens with one attached hydrogen (secondary N) is 1. The Morgan fingerprint density at radius 1 is 1.44 bits per heavy atom. The second-order valence-corrected chi connectivity index (χ2v) is 6.79. The maximum atomic E-state index is 12.4. The van der Waals surface area contributed by atoms with Gasteiger partial charge >= 0.3 is 0 Å². The molecular formula is C19H28N2O4. The number of benzene rings is 1. The van der Waals surface area contributed by atoms with E-state index in [1.807, 2.05) is 13.8 Å². The van der Waals surface area contributed by atoms with Gasteiger partial charge in [-0.15, -0.1) is 0 Å². The highest BCUT2D eigenvalue weighted by Gasteiger charge is 2.37. The molecule has 0 aliphatic carbocycles. The van der Waals surface area contributed by atoms with Gasteiger partial charge in [0.15, 0.2) is 0 Å². The first-order valence-electron chi connectivity index (χ1n) is 8.79. The van der Waals surface area contributed by atoms with Gasteiger partial charge in [0.2, 0.25) is 5.91 Å². The number of aliphatic hydroxyl groups is 1. The van der Waals surface area contributed by atoms with Crippen molar-refractivity contribution in [3.05, 3.63) is 29.8 Å². The van der Waals surface area contributed by atoms with E-state index in [-0.39, 0.29) is 24.2 Å². The standard InChI is InChI=1S/C19H28N2O4/c1-4-15-13-21(11-9-19(15,2)24)17(22)8-10-20-18(23)14-6-5-7-16(12-14)25-3/h5-7,12,15,24H,4,8-11,13H2,1-3H3,(H,20,23)/t15-,19+/m1/s1. The van der Waals surface area contributed by atoms with E-state index >= 15 is 0 Å². The first-order valence-corrected chi connectivity index (χ1v) is 8.79. The van der Waals surface area contributed by atoms with Gasteiger partial charge in [0, 0.05) is 37.5 Å². The monoisotopic (exact) mass is 348 g/mol. The largest absolute Gasteiger partial charge is 0.497 e. The van der Waals surface area contributed by atoms with Crippen molar-refractivity contribution in [2.24, 2.45) is 5.92 Å². The van der Waals surface area contributed by atoms with Crippen LogP contribution in [0, 0.1) is 5.92 Å². The summed E-state index contributed by atoms with van der Waals surface area (Å²) < 4.78 is 5.10. The van der Waals surface area contributed by atoms with E-state index in [9.17, 15) is 14.7 Å². The third-order valence-electron chi connectivity index (χ3n) is 5.01. The summed E-state index contributed by atoms with van der Waals surface area (Å²) in [5.41, 5.74) is -0.196. The van der Waals surface area contributed by atoms with Crippen molar-refractivity contribution in [2.45, 2.75) is 38.7 Å². The summed E-state index contributed by atoms with van der Waals surface area (Å²) in [6.07, 6.45) is 1.69. The van der Waals surface area contributed by atoms with Crippen LogP contribution in [-0.4, -0.2) is 54.2 Å². The van der Waals surface area contributed by atoms with Crippen LogP contribution in [0.4, 0.5) is 0 Å². The Morgan fingerprint density at radius 3 is 2.88 bits per heavy atom. The van der Waals surface area contributed by atoms with Crippen LogP contribution in [0.3, 0.4) is 0 Å². The minimum atomic E-state index is -0.702. The molecule has 1 aliphatic rings. The number of rotatable bonds is 6. The molecule has 1 heterocycles. The fourth-order valence-electron chi connectivity index (χ4n) is 3.22. The third kappa shape index (κ3) is 4.95. The number of likely N-dealkylation sites (tertiary alicyclic amines) is 1. The second kappa shape index (κ2) is 8.34. The number of amides is 2. The number of carbonyl (C=O) groups excluding carboxylic acids is 2. The lowest BCUT2D eigenvalue weighted by Gasteiger charge is -2.42. The zero-order chi connectivity index (χ0) is 18.4. The molecule has 1 saturated heterocycles. The molecule has 138 valence electrons. The minimum Gasteiger partial charge on any atom is -0.497 e. The molecule has 0 saturated carbocycles. The number of piperidine rings is 1. The Morgan fingerprint density at radius 2 is 2.20 bits per heavy atom. The molecule has 2 amide bonds. The smallest absolute Gasteiger partial charge is 0.251 e. The zero-order valence-electron chi connectivity index (χ0n) is 15.2. The van der Waals surface area contributed by atoms with Crippen LogP contribution in [0.1, 0.15) is 43.5 Å². The lowest BCUT2D eigenvalue weighted by atomic mass is 9.81. The Kier molecular flexibility index (Phi) is 6.42. The molecule has 2 N–H and O–H groups in total. The summed E-state index contributed by atoms with van der Waals surface area (Å²) in [7, 11) is 1.55. The van der Waals surface area contributed by atoms with Crippen LogP contribution in [0.5, 0.6) is 5.75 Å². The van der Waals surface area contributed by atoms with Crippen LogP contribution >= 0.6 is 0 Å². The number of methoxy groups -OCH3 is 1. The predicted molar refractivity (Wildman–Crippen MR) is 95.5 cm³/mol. The predicted octanol–water partition coefficient (Wildman–Crippen LogP) is 1.82. The molecule has 1 aromatic carbocycles.